The van der Waals surface area contributed by atoms with Crippen molar-refractivity contribution in [3.63, 3.8) is 0 Å². The number of rotatable bonds is 3. The molecule has 1 atom stereocenters. The van der Waals surface area contributed by atoms with E-state index < -0.39 is 38.4 Å². The summed E-state index contributed by atoms with van der Waals surface area (Å²) < 4.78 is 64.1. The molecule has 0 aliphatic rings. The Kier molecular flexibility index (Phi) is 4.37. The summed E-state index contributed by atoms with van der Waals surface area (Å²) in [5, 5.41) is 13.7. The zero-order valence-electron chi connectivity index (χ0n) is 11.0. The van der Waals surface area contributed by atoms with Crippen molar-refractivity contribution in [2.45, 2.75) is 29.1 Å². The lowest BCUT2D eigenvalue weighted by molar-refractivity contribution is -0.142. The summed E-state index contributed by atoms with van der Waals surface area (Å²) in [5.41, 5.74) is -2.17. The molecule has 2 rings (SSSR count). The molecule has 0 saturated heterocycles. The van der Waals surface area contributed by atoms with Gasteiger partial charge < -0.3 is 5.11 Å². The van der Waals surface area contributed by atoms with Gasteiger partial charge in [-0.1, -0.05) is 15.9 Å². The molecule has 0 saturated carbocycles. The summed E-state index contributed by atoms with van der Waals surface area (Å²) in [7, 11) is -4.29. The topological polar surface area (TPSA) is 83.0 Å². The standard InChI is InChI=1S/C12H10BrF3N2O3S/c1-6(19)9-10(12(14,15)16)17-18-11(9)22(20,21)8-4-2-7(13)3-5-8/h2-6,19H,1H3,(H,17,18)/t6-/m1/s1. The van der Waals surface area contributed by atoms with Gasteiger partial charge in [0, 0.05) is 10.0 Å². The molecule has 1 aromatic heterocycles. The van der Waals surface area contributed by atoms with Crippen LogP contribution in [-0.4, -0.2) is 23.7 Å². The van der Waals surface area contributed by atoms with Crippen LogP contribution in [0.2, 0.25) is 0 Å². The third-order valence-electron chi connectivity index (χ3n) is 2.85. The second kappa shape index (κ2) is 5.67. The number of nitrogens with zero attached hydrogens (tertiary/aromatic N) is 1. The molecule has 0 aliphatic carbocycles. The molecule has 1 aromatic carbocycles. The highest BCUT2D eigenvalue weighted by atomic mass is 79.9. The fraction of sp³-hybridized carbons (Fsp3) is 0.250. The first kappa shape index (κ1) is 17.0. The van der Waals surface area contributed by atoms with Gasteiger partial charge in [-0.05, 0) is 31.2 Å². The molecule has 5 nitrogen and oxygen atoms in total. The first-order valence-corrected chi connectivity index (χ1v) is 8.17. The maximum Gasteiger partial charge on any atom is 0.433 e. The summed E-state index contributed by atoms with van der Waals surface area (Å²) in [6, 6.07) is 5.33. The van der Waals surface area contributed by atoms with Crippen LogP contribution < -0.4 is 0 Å². The monoisotopic (exact) mass is 398 g/mol. The molecular weight excluding hydrogens is 389 g/mol. The molecule has 0 spiro atoms. The van der Waals surface area contributed by atoms with Gasteiger partial charge >= 0.3 is 6.18 Å². The predicted octanol–water partition coefficient (Wildman–Crippen LogP) is 3.08. The number of sulfone groups is 1. The number of aromatic amines is 1. The lowest BCUT2D eigenvalue weighted by Crippen LogP contribution is -2.13. The quantitative estimate of drug-likeness (QED) is 0.831. The van der Waals surface area contributed by atoms with Crippen molar-refractivity contribution < 1.29 is 26.7 Å². The Hall–Kier alpha value is -1.39. The molecule has 0 unspecified atom stereocenters. The van der Waals surface area contributed by atoms with Crippen LogP contribution in [-0.2, 0) is 16.0 Å². The molecule has 2 aromatic rings. The van der Waals surface area contributed by atoms with Gasteiger partial charge in [-0.15, -0.1) is 0 Å². The number of halogens is 4. The summed E-state index contributed by atoms with van der Waals surface area (Å²) in [5.74, 6) is 0. The number of H-pyrrole nitrogens is 1. The normalized spacial score (nSPS) is 14.1. The molecule has 120 valence electrons. The van der Waals surface area contributed by atoms with E-state index in [9.17, 15) is 26.7 Å². The van der Waals surface area contributed by atoms with Crippen molar-refractivity contribution in [3.05, 3.63) is 40.0 Å². The van der Waals surface area contributed by atoms with E-state index in [1.54, 1.807) is 5.10 Å². The summed E-state index contributed by atoms with van der Waals surface area (Å²) in [4.78, 5) is -0.224. The van der Waals surface area contributed by atoms with Gasteiger partial charge in [0.05, 0.1) is 11.0 Å². The van der Waals surface area contributed by atoms with E-state index >= 15 is 0 Å². The molecule has 0 bridgehead atoms. The van der Waals surface area contributed by atoms with Crippen LogP contribution in [0.25, 0.3) is 0 Å². The van der Waals surface area contributed by atoms with Crippen LogP contribution in [0.1, 0.15) is 24.3 Å². The van der Waals surface area contributed by atoms with E-state index in [4.69, 9.17) is 0 Å². The molecule has 1 heterocycles. The smallest absolute Gasteiger partial charge is 0.389 e. The zero-order valence-corrected chi connectivity index (χ0v) is 13.4. The number of alkyl halides is 3. The van der Waals surface area contributed by atoms with Crippen molar-refractivity contribution in [3.8, 4) is 0 Å². The lowest BCUT2D eigenvalue weighted by atomic mass is 10.1. The van der Waals surface area contributed by atoms with Gasteiger partial charge in [0.1, 0.15) is 5.69 Å². The fourth-order valence-corrected chi connectivity index (χ4v) is 3.58. The molecule has 10 heteroatoms. The summed E-state index contributed by atoms with van der Waals surface area (Å²) in [6.45, 7) is 1.04. The average Bonchev–Trinajstić information content (AvgIpc) is 2.84. The van der Waals surface area contributed by atoms with Crippen LogP contribution in [0.15, 0.2) is 38.7 Å². The number of aromatic nitrogens is 2. The summed E-state index contributed by atoms with van der Waals surface area (Å²) in [6.07, 6.45) is -6.51. The Bertz CT molecular complexity index is 783. The van der Waals surface area contributed by atoms with Gasteiger partial charge in [-0.25, -0.2) is 8.42 Å². The second-order valence-electron chi connectivity index (χ2n) is 4.45. The van der Waals surface area contributed by atoms with Crippen molar-refractivity contribution in [2.75, 3.05) is 0 Å². The van der Waals surface area contributed by atoms with Gasteiger partial charge in [-0.2, -0.15) is 18.3 Å². The van der Waals surface area contributed by atoms with E-state index in [0.29, 0.717) is 4.47 Å². The van der Waals surface area contributed by atoms with Gasteiger partial charge in [0.25, 0.3) is 0 Å². The second-order valence-corrected chi connectivity index (χ2v) is 7.23. The molecule has 22 heavy (non-hydrogen) atoms. The van der Waals surface area contributed by atoms with Crippen molar-refractivity contribution in [1.82, 2.24) is 10.2 Å². The summed E-state index contributed by atoms with van der Waals surface area (Å²) >= 11 is 3.13. The number of hydrogen-bond acceptors (Lipinski definition) is 4. The highest BCUT2D eigenvalue weighted by Gasteiger charge is 2.41. The highest BCUT2D eigenvalue weighted by Crippen LogP contribution is 2.37. The van der Waals surface area contributed by atoms with Crippen molar-refractivity contribution in [2.24, 2.45) is 0 Å². The number of aliphatic hydroxyl groups is 1. The first-order valence-electron chi connectivity index (χ1n) is 5.89. The minimum absolute atomic E-state index is 0.224. The van der Waals surface area contributed by atoms with Gasteiger partial charge in [0.15, 0.2) is 5.03 Å². The zero-order chi connectivity index (χ0) is 16.7. The maximum atomic E-state index is 12.9. The Morgan fingerprint density at radius 1 is 1.27 bits per heavy atom. The third-order valence-corrected chi connectivity index (χ3v) is 5.09. The van der Waals surface area contributed by atoms with Crippen LogP contribution in [0.3, 0.4) is 0 Å². The number of nitrogens with one attached hydrogen (secondary N) is 1. The minimum Gasteiger partial charge on any atom is -0.389 e. The maximum absolute atomic E-state index is 12.9. The van der Waals surface area contributed by atoms with Crippen molar-refractivity contribution in [1.29, 1.82) is 0 Å². The van der Waals surface area contributed by atoms with Crippen LogP contribution in [0.4, 0.5) is 13.2 Å². The number of aliphatic hydroxyl groups excluding tert-OH is 1. The molecule has 0 fully saturated rings. The van der Waals surface area contributed by atoms with E-state index in [1.807, 2.05) is 0 Å². The Balaban J connectivity index is 2.67. The van der Waals surface area contributed by atoms with Crippen LogP contribution >= 0.6 is 15.9 Å². The van der Waals surface area contributed by atoms with E-state index in [1.165, 1.54) is 24.3 Å². The third kappa shape index (κ3) is 3.03. The van der Waals surface area contributed by atoms with Crippen molar-refractivity contribution >= 4 is 25.8 Å². The fourth-order valence-electron chi connectivity index (χ4n) is 1.87. The molecule has 0 radical (unpaired) electrons. The van der Waals surface area contributed by atoms with E-state index in [2.05, 4.69) is 21.0 Å². The van der Waals surface area contributed by atoms with Gasteiger partial charge in [0.2, 0.25) is 9.84 Å². The van der Waals surface area contributed by atoms with E-state index in [-0.39, 0.29) is 4.90 Å². The molecular formula is C12H10BrF3N2O3S. The first-order chi connectivity index (χ1) is 10.0. The molecule has 0 aliphatic heterocycles. The molecule has 0 amide bonds. The van der Waals surface area contributed by atoms with E-state index in [0.717, 1.165) is 6.92 Å². The lowest BCUT2D eigenvalue weighted by Gasteiger charge is -2.11. The van der Waals surface area contributed by atoms with Crippen LogP contribution in [0.5, 0.6) is 0 Å². The number of benzene rings is 1. The SMILES string of the molecule is C[C@@H](O)c1c(S(=O)(=O)c2ccc(Br)cc2)n[nH]c1C(F)(F)F. The largest absolute Gasteiger partial charge is 0.433 e. The molecule has 2 N–H and O–H groups in total. The average molecular weight is 399 g/mol. The highest BCUT2D eigenvalue weighted by molar-refractivity contribution is 9.10. The number of hydrogen-bond donors (Lipinski definition) is 2. The van der Waals surface area contributed by atoms with Crippen LogP contribution in [0, 0.1) is 0 Å². The Morgan fingerprint density at radius 3 is 2.27 bits per heavy atom. The Labute approximate surface area is 132 Å². The minimum atomic E-state index is -4.85. The predicted molar refractivity (Wildman–Crippen MR) is 73.8 cm³/mol. The Morgan fingerprint density at radius 2 is 1.82 bits per heavy atom. The van der Waals surface area contributed by atoms with Gasteiger partial charge in [-0.3, -0.25) is 5.10 Å².